The van der Waals surface area contributed by atoms with Crippen molar-refractivity contribution < 1.29 is 13.5 Å². The van der Waals surface area contributed by atoms with E-state index in [1.807, 2.05) is 30.3 Å². The zero-order valence-electron chi connectivity index (χ0n) is 12.4. The second-order valence-electron chi connectivity index (χ2n) is 4.88. The van der Waals surface area contributed by atoms with Gasteiger partial charge in [-0.3, -0.25) is 0 Å². The van der Waals surface area contributed by atoms with Crippen LogP contribution in [0.5, 0.6) is 5.75 Å². The molecule has 0 aliphatic heterocycles. The normalized spacial score (nSPS) is 11.3. The van der Waals surface area contributed by atoms with Gasteiger partial charge in [-0.15, -0.1) is 0 Å². The molecule has 1 heterocycles. The number of benzene rings is 2. The number of alkyl halides is 2. The number of nitrogens with zero attached hydrogens (tertiary/aromatic N) is 2. The molecule has 1 aromatic heterocycles. The van der Waals surface area contributed by atoms with E-state index in [1.165, 1.54) is 12.1 Å². The number of rotatable bonds is 5. The Kier molecular flexibility index (Phi) is 4.81. The van der Waals surface area contributed by atoms with Gasteiger partial charge in [-0.05, 0) is 47.6 Å². The quantitative estimate of drug-likeness (QED) is 0.538. The molecule has 122 valence electrons. The van der Waals surface area contributed by atoms with E-state index in [9.17, 15) is 8.78 Å². The van der Waals surface area contributed by atoms with Crippen LogP contribution in [-0.4, -0.2) is 22.5 Å². The largest absolute Gasteiger partial charge is 0.435 e. The highest BCUT2D eigenvalue weighted by Crippen LogP contribution is 2.17. The monoisotopic (exact) mass is 345 g/mol. The maximum atomic E-state index is 12.1. The molecular formula is C17H13F2N3OS. The summed E-state index contributed by atoms with van der Waals surface area (Å²) in [7, 11) is 0. The number of hydrogen-bond donors (Lipinski definition) is 1. The smallest absolute Gasteiger partial charge is 0.387 e. The van der Waals surface area contributed by atoms with Crippen molar-refractivity contribution >= 4 is 18.4 Å². The van der Waals surface area contributed by atoms with Gasteiger partial charge in [-0.25, -0.2) is 4.68 Å². The lowest BCUT2D eigenvalue weighted by Crippen LogP contribution is -2.01. The van der Waals surface area contributed by atoms with Crippen LogP contribution in [0.4, 0.5) is 8.78 Å². The van der Waals surface area contributed by atoms with Gasteiger partial charge in [0.15, 0.2) is 4.77 Å². The van der Waals surface area contributed by atoms with Crippen LogP contribution in [0, 0.1) is 4.77 Å². The first-order valence-corrected chi connectivity index (χ1v) is 7.49. The molecule has 1 N–H and O–H groups in total. The number of H-pyrrole nitrogens is 1. The second kappa shape index (κ2) is 7.18. The first kappa shape index (κ1) is 16.1. The average Bonchev–Trinajstić information content (AvgIpc) is 2.95. The van der Waals surface area contributed by atoms with E-state index in [4.69, 9.17) is 12.2 Å². The first-order chi connectivity index (χ1) is 11.6. The van der Waals surface area contributed by atoms with Crippen LogP contribution in [0.3, 0.4) is 0 Å². The Morgan fingerprint density at radius 3 is 2.46 bits per heavy atom. The van der Waals surface area contributed by atoms with E-state index < -0.39 is 6.61 Å². The Bertz CT molecular complexity index is 886. The van der Waals surface area contributed by atoms with Crippen molar-refractivity contribution in [3.05, 3.63) is 71.1 Å². The van der Waals surface area contributed by atoms with Gasteiger partial charge in [-0.1, -0.05) is 30.3 Å². The van der Waals surface area contributed by atoms with Crippen LogP contribution in [0.1, 0.15) is 5.56 Å². The molecule has 0 saturated heterocycles. The van der Waals surface area contributed by atoms with Crippen molar-refractivity contribution in [3.63, 3.8) is 0 Å². The van der Waals surface area contributed by atoms with Gasteiger partial charge in [0, 0.05) is 0 Å². The van der Waals surface area contributed by atoms with Gasteiger partial charge in [0.25, 0.3) is 0 Å². The number of halogens is 2. The fourth-order valence-electron chi connectivity index (χ4n) is 2.10. The number of aromatic nitrogens is 2. The van der Waals surface area contributed by atoms with E-state index in [1.54, 1.807) is 29.2 Å². The molecule has 4 nitrogen and oxygen atoms in total. The Balaban J connectivity index is 1.77. The third-order valence-electron chi connectivity index (χ3n) is 3.22. The summed E-state index contributed by atoms with van der Waals surface area (Å²) >= 11 is 5.25. The summed E-state index contributed by atoms with van der Waals surface area (Å²) in [5.74, 6) is 0.103. The highest BCUT2D eigenvalue weighted by atomic mass is 32.1. The van der Waals surface area contributed by atoms with Crippen LogP contribution in [-0.2, 0) is 0 Å². The molecule has 7 heteroatoms. The summed E-state index contributed by atoms with van der Waals surface area (Å²) < 4.78 is 30.5. The van der Waals surface area contributed by atoms with Gasteiger partial charge in [-0.2, -0.15) is 13.9 Å². The van der Waals surface area contributed by atoms with Gasteiger partial charge >= 0.3 is 6.61 Å². The molecule has 0 spiro atoms. The molecule has 2 aromatic carbocycles. The predicted octanol–water partition coefficient (Wildman–Crippen LogP) is 4.70. The van der Waals surface area contributed by atoms with E-state index >= 15 is 0 Å². The lowest BCUT2D eigenvalue weighted by Gasteiger charge is -2.03. The van der Waals surface area contributed by atoms with Crippen LogP contribution in [0.2, 0.25) is 0 Å². The molecule has 0 fully saturated rings. The van der Waals surface area contributed by atoms with Crippen molar-refractivity contribution in [2.45, 2.75) is 6.61 Å². The summed E-state index contributed by atoms with van der Waals surface area (Å²) in [5.41, 5.74) is 2.60. The summed E-state index contributed by atoms with van der Waals surface area (Å²) in [5, 5.41) is 4.28. The average molecular weight is 345 g/mol. The van der Waals surface area contributed by atoms with Crippen LogP contribution in [0.15, 0.2) is 65.9 Å². The zero-order valence-corrected chi connectivity index (χ0v) is 13.2. The van der Waals surface area contributed by atoms with Gasteiger partial charge in [0.2, 0.25) is 0 Å². The standard InChI is InChI=1S/C17H13F2N3OS/c18-16(19)23-14-8-6-12(7-9-14)10-20-22-11-15(21-17(22)24)13-4-2-1-3-5-13/h1-11,16H,(H,21,24)/b20-10+. The molecule has 3 rings (SSSR count). The van der Waals surface area contributed by atoms with E-state index in [0.717, 1.165) is 16.8 Å². The minimum Gasteiger partial charge on any atom is -0.435 e. The number of nitrogens with one attached hydrogen (secondary N) is 1. The molecule has 24 heavy (non-hydrogen) atoms. The summed E-state index contributed by atoms with van der Waals surface area (Å²) in [6.07, 6.45) is 3.38. The van der Waals surface area contributed by atoms with Crippen LogP contribution in [0.25, 0.3) is 11.3 Å². The Hall–Kier alpha value is -2.80. The van der Waals surface area contributed by atoms with E-state index in [2.05, 4.69) is 14.8 Å². The van der Waals surface area contributed by atoms with Crippen molar-refractivity contribution in [1.82, 2.24) is 9.66 Å². The van der Waals surface area contributed by atoms with Crippen molar-refractivity contribution in [2.75, 3.05) is 0 Å². The fraction of sp³-hybridized carbons (Fsp3) is 0.0588. The predicted molar refractivity (Wildman–Crippen MR) is 91.1 cm³/mol. The maximum absolute atomic E-state index is 12.1. The molecular weight excluding hydrogens is 332 g/mol. The maximum Gasteiger partial charge on any atom is 0.387 e. The van der Waals surface area contributed by atoms with Gasteiger partial charge in [0.05, 0.1) is 18.1 Å². The minimum atomic E-state index is -2.83. The molecule has 3 aromatic rings. The molecule has 0 atom stereocenters. The number of hydrogen-bond acceptors (Lipinski definition) is 3. The fourth-order valence-corrected chi connectivity index (χ4v) is 2.31. The summed E-state index contributed by atoms with van der Waals surface area (Å²) in [6, 6.07) is 15.9. The number of ether oxygens (including phenoxy) is 1. The molecule has 0 radical (unpaired) electrons. The minimum absolute atomic E-state index is 0.103. The molecule has 0 amide bonds. The Labute approximate surface area is 142 Å². The lowest BCUT2D eigenvalue weighted by atomic mass is 10.2. The number of aromatic amines is 1. The molecule has 0 aliphatic carbocycles. The highest BCUT2D eigenvalue weighted by molar-refractivity contribution is 7.71. The first-order valence-electron chi connectivity index (χ1n) is 7.08. The van der Waals surface area contributed by atoms with Crippen LogP contribution >= 0.6 is 12.2 Å². The molecule has 0 saturated carbocycles. The van der Waals surface area contributed by atoms with E-state index in [-0.39, 0.29) is 5.75 Å². The van der Waals surface area contributed by atoms with Gasteiger partial charge < -0.3 is 9.72 Å². The topological polar surface area (TPSA) is 42.3 Å². The number of imidazole rings is 1. The molecule has 0 bridgehead atoms. The second-order valence-corrected chi connectivity index (χ2v) is 5.26. The highest BCUT2D eigenvalue weighted by Gasteiger charge is 2.04. The zero-order chi connectivity index (χ0) is 16.9. The Morgan fingerprint density at radius 1 is 1.08 bits per heavy atom. The van der Waals surface area contributed by atoms with E-state index in [0.29, 0.717) is 4.77 Å². The molecule has 0 unspecified atom stereocenters. The third-order valence-corrected chi connectivity index (χ3v) is 3.51. The van der Waals surface area contributed by atoms with Crippen LogP contribution < -0.4 is 4.74 Å². The van der Waals surface area contributed by atoms with Crippen molar-refractivity contribution in [3.8, 4) is 17.0 Å². The summed E-state index contributed by atoms with van der Waals surface area (Å²) in [6.45, 7) is -2.83. The van der Waals surface area contributed by atoms with Gasteiger partial charge in [0.1, 0.15) is 5.75 Å². The van der Waals surface area contributed by atoms with Crippen molar-refractivity contribution in [2.24, 2.45) is 5.10 Å². The SMILES string of the molecule is FC(F)Oc1ccc(/C=N/n2cc(-c3ccccc3)[nH]c2=S)cc1. The lowest BCUT2D eigenvalue weighted by molar-refractivity contribution is -0.0498. The summed E-state index contributed by atoms with van der Waals surface area (Å²) in [4.78, 5) is 3.09. The third kappa shape index (κ3) is 3.94. The molecule has 0 aliphatic rings. The van der Waals surface area contributed by atoms with Crippen molar-refractivity contribution in [1.29, 1.82) is 0 Å². The Morgan fingerprint density at radius 2 is 1.79 bits per heavy atom.